The monoisotopic (exact) mass is 107 g/mol. The van der Waals surface area contributed by atoms with Gasteiger partial charge in [-0.3, -0.25) is 5.41 Å². The van der Waals surface area contributed by atoms with Crippen molar-refractivity contribution < 1.29 is 4.11 Å². The molecule has 1 saturated heterocycles. The fourth-order valence-corrected chi connectivity index (χ4v) is 0.801. The van der Waals surface area contributed by atoms with Crippen LogP contribution in [0.4, 0.5) is 0 Å². The van der Waals surface area contributed by atoms with Gasteiger partial charge in [0.15, 0.2) is 0 Å². The van der Waals surface area contributed by atoms with Crippen LogP contribution in [0.5, 0.6) is 0 Å². The second kappa shape index (κ2) is 1.65. The predicted octanol–water partition coefficient (Wildman–Crippen LogP) is 1.49. The Morgan fingerprint density at radius 2 is 2.83 bits per heavy atom. The molecule has 0 aromatic rings. The quantitative estimate of drug-likeness (QED) is 0.498. The molecule has 1 unspecified atom stereocenters. The van der Waals surface area contributed by atoms with Crippen molar-refractivity contribution in [3.63, 3.8) is 0 Å². The molecule has 0 radical (unpaired) electrons. The number of hydrogen-bond acceptors (Lipinski definition) is 2. The zero-order chi connectivity index (χ0) is 7.07. The normalized spacial score (nSPS) is 50.3. The number of hydrogen-bond donors (Lipinski definition) is 1. The van der Waals surface area contributed by atoms with Gasteiger partial charge < -0.3 is 0 Å². The van der Waals surface area contributed by atoms with Gasteiger partial charge in [-0.2, -0.15) is 0 Å². The molecule has 1 heterocycles. The van der Waals surface area contributed by atoms with Gasteiger partial charge in [0.25, 0.3) is 0 Å². The molecule has 0 aromatic heterocycles. The van der Waals surface area contributed by atoms with Crippen LogP contribution in [0.3, 0.4) is 0 Å². The summed E-state index contributed by atoms with van der Waals surface area (Å²) in [5, 5.41) is 7.05. The lowest BCUT2D eigenvalue weighted by molar-refractivity contribution is 1.04. The Morgan fingerprint density at radius 3 is 3.00 bits per heavy atom. The molecule has 0 saturated carbocycles. The fourth-order valence-electron chi connectivity index (χ4n) is 0.301. The Labute approximate surface area is 45.9 Å². The number of rotatable bonds is 0. The third-order valence-electron chi connectivity index (χ3n) is 0.544. The van der Waals surface area contributed by atoms with Crippen LogP contribution in [-0.4, -0.2) is 10.8 Å². The summed E-state index contributed by atoms with van der Waals surface area (Å²) in [5.41, 5.74) is 0. The van der Waals surface area contributed by atoms with Crippen LogP contribution in [0.25, 0.3) is 0 Å². The van der Waals surface area contributed by atoms with Crippen LogP contribution in [0.2, 0.25) is 0 Å². The van der Waals surface area contributed by atoms with Crippen molar-refractivity contribution in [2.75, 3.05) is 5.75 Å². The molecule has 1 nitrogen and oxygen atoms in total. The van der Waals surface area contributed by atoms with Gasteiger partial charge in [0.1, 0.15) is 0 Å². The second-order valence-corrected chi connectivity index (χ2v) is 2.02. The number of thioether (sulfide) groups is 1. The van der Waals surface area contributed by atoms with Crippen molar-refractivity contribution in [2.45, 2.75) is 12.8 Å². The summed E-state index contributed by atoms with van der Waals surface area (Å²) in [6.07, 6.45) is -2.42. The maximum Gasteiger partial charge on any atom is 0.0641 e. The van der Waals surface area contributed by atoms with Crippen molar-refractivity contribution in [1.29, 1.82) is 5.41 Å². The molecule has 2 heteroatoms. The highest BCUT2D eigenvalue weighted by Crippen LogP contribution is 2.17. The van der Waals surface area contributed by atoms with Crippen molar-refractivity contribution >= 4 is 16.8 Å². The third kappa shape index (κ3) is 0.744. The minimum Gasteiger partial charge on any atom is -0.298 e. The average Bonchev–Trinajstić information content (AvgIpc) is 1.96. The van der Waals surface area contributed by atoms with E-state index in [9.17, 15) is 0 Å². The SMILES string of the molecule is [3H]C1CSC(=N)C1([3H])[3H]. The highest BCUT2D eigenvalue weighted by atomic mass is 32.2. The standard InChI is InChI=1S/C4H7NS/c5-4-2-1-3-6-4/h5H,1-3H2/i1T,2T2. The van der Waals surface area contributed by atoms with Gasteiger partial charge in [-0.05, 0) is 18.5 Å². The van der Waals surface area contributed by atoms with E-state index in [0.29, 0.717) is 5.75 Å². The smallest absolute Gasteiger partial charge is 0.0641 e. The van der Waals surface area contributed by atoms with E-state index in [1.807, 2.05) is 0 Å². The molecule has 1 N–H and O–H groups in total. The van der Waals surface area contributed by atoms with E-state index < -0.39 is 12.8 Å². The van der Waals surface area contributed by atoms with Crippen molar-refractivity contribution in [2.24, 2.45) is 0 Å². The van der Waals surface area contributed by atoms with Crippen LogP contribution in [0, 0.1) is 5.41 Å². The molecule has 1 atom stereocenters. The molecule has 1 aliphatic heterocycles. The van der Waals surface area contributed by atoms with E-state index in [4.69, 9.17) is 9.52 Å². The van der Waals surface area contributed by atoms with Crippen molar-refractivity contribution in [3.8, 4) is 0 Å². The average molecular weight is 107 g/mol. The first-order valence-electron chi connectivity index (χ1n) is 3.27. The molecule has 0 bridgehead atoms. The molecular weight excluding hydrogens is 94.1 g/mol. The first-order chi connectivity index (χ1) is 4.05. The van der Waals surface area contributed by atoms with Gasteiger partial charge in [-0.25, -0.2) is 0 Å². The third-order valence-corrected chi connectivity index (χ3v) is 1.28. The molecule has 0 aromatic carbocycles. The van der Waals surface area contributed by atoms with Gasteiger partial charge in [-0.15, -0.1) is 11.8 Å². The maximum absolute atomic E-state index is 7.13. The lowest BCUT2D eigenvalue weighted by atomic mass is 10.4. The van der Waals surface area contributed by atoms with E-state index in [2.05, 4.69) is 0 Å². The van der Waals surface area contributed by atoms with E-state index in [0.717, 1.165) is 11.8 Å². The molecule has 6 heavy (non-hydrogen) atoms. The molecule has 34 valence electrons. The van der Waals surface area contributed by atoms with Gasteiger partial charge in [0.2, 0.25) is 0 Å². The molecule has 1 fully saturated rings. The van der Waals surface area contributed by atoms with Gasteiger partial charge in [0, 0.05) is 4.11 Å². The van der Waals surface area contributed by atoms with E-state index >= 15 is 0 Å². The fraction of sp³-hybridized carbons (Fsp3) is 0.750. The van der Waals surface area contributed by atoms with Crippen LogP contribution in [0.1, 0.15) is 16.9 Å². The molecule has 1 rings (SSSR count). The summed E-state index contributed by atoms with van der Waals surface area (Å²) >= 11 is 1.13. The van der Waals surface area contributed by atoms with E-state index in [1.54, 1.807) is 0 Å². The van der Waals surface area contributed by atoms with Crippen molar-refractivity contribution in [3.05, 3.63) is 0 Å². The lowest BCUT2D eigenvalue weighted by Crippen LogP contribution is -1.73. The van der Waals surface area contributed by atoms with E-state index in [1.165, 1.54) is 0 Å². The molecule has 0 amide bonds. The van der Waals surface area contributed by atoms with Crippen molar-refractivity contribution in [1.82, 2.24) is 0 Å². The molecular formula is C4H7NS. The maximum atomic E-state index is 7.13. The molecule has 1 aliphatic rings. The van der Waals surface area contributed by atoms with Gasteiger partial charge in [-0.1, -0.05) is 0 Å². The Bertz CT molecular complexity index is 147. The van der Waals surface area contributed by atoms with E-state index in [-0.39, 0.29) is 5.04 Å². The molecule has 0 spiro atoms. The zero-order valence-electron chi connectivity index (χ0n) is 6.19. The summed E-state index contributed by atoms with van der Waals surface area (Å²) in [5.74, 6) is 0.422. The van der Waals surface area contributed by atoms with Crippen LogP contribution in [0.15, 0.2) is 0 Å². The van der Waals surface area contributed by atoms with Gasteiger partial charge >= 0.3 is 0 Å². The highest BCUT2D eigenvalue weighted by molar-refractivity contribution is 8.14. The minimum absolute atomic E-state index is 0.00231. The van der Waals surface area contributed by atoms with Crippen LogP contribution in [-0.2, 0) is 0 Å². The highest BCUT2D eigenvalue weighted by Gasteiger charge is 2.04. The first-order valence-corrected chi connectivity index (χ1v) is 2.68. The summed E-state index contributed by atoms with van der Waals surface area (Å²) in [6, 6.07) is 0. The molecule has 0 aliphatic carbocycles. The Morgan fingerprint density at radius 1 is 2.00 bits per heavy atom. The number of nitrogens with one attached hydrogen (secondary N) is 1. The van der Waals surface area contributed by atoms with Crippen LogP contribution >= 0.6 is 11.8 Å². The Hall–Kier alpha value is 0.0200. The van der Waals surface area contributed by atoms with Crippen LogP contribution < -0.4 is 0 Å². The minimum atomic E-state index is -1.68. The topological polar surface area (TPSA) is 23.9 Å². The summed E-state index contributed by atoms with van der Waals surface area (Å²) in [7, 11) is 0. The first kappa shape index (κ1) is 1.86. The zero-order valence-corrected chi connectivity index (χ0v) is 4.01. The summed E-state index contributed by atoms with van der Waals surface area (Å²) in [4.78, 5) is 0. The Kier molecular flexibility index (Phi) is 0.512. The lowest BCUT2D eigenvalue weighted by Gasteiger charge is -1.77. The second-order valence-electron chi connectivity index (χ2n) is 0.989. The van der Waals surface area contributed by atoms with Gasteiger partial charge in [0.05, 0.1) is 5.04 Å². The largest absolute Gasteiger partial charge is 0.298 e. The summed E-state index contributed by atoms with van der Waals surface area (Å²) < 4.78 is 21.4. The summed E-state index contributed by atoms with van der Waals surface area (Å²) in [6.45, 7) is 0. The predicted molar refractivity (Wildman–Crippen MR) is 29.4 cm³/mol. The Balaban J connectivity index is 2.78.